The Labute approximate surface area is 182 Å². The number of ketones is 1. The molecule has 6 nitrogen and oxygen atoms in total. The molecule has 9 heteroatoms. The van der Waals surface area contributed by atoms with E-state index in [-0.39, 0.29) is 18.1 Å². The van der Waals surface area contributed by atoms with Crippen molar-refractivity contribution >= 4 is 33.6 Å². The van der Waals surface area contributed by atoms with Gasteiger partial charge in [-0.1, -0.05) is 28.1 Å². The van der Waals surface area contributed by atoms with E-state index < -0.39 is 41.4 Å². The number of nitrogens with zero attached hydrogens (tertiary/aromatic N) is 1. The Morgan fingerprint density at radius 3 is 2.40 bits per heavy atom. The minimum absolute atomic E-state index is 0.0820. The maximum Gasteiger partial charge on any atom is 0.309 e. The molecule has 1 aromatic carbocycles. The van der Waals surface area contributed by atoms with Crippen molar-refractivity contribution in [3.63, 3.8) is 0 Å². The van der Waals surface area contributed by atoms with Crippen molar-refractivity contribution in [2.75, 3.05) is 33.4 Å². The number of Topliss-reactive ketones (excluding diaryl/α,β-unsaturated/α-hetero) is 1. The zero-order valence-corrected chi connectivity index (χ0v) is 18.2. The molecule has 1 aliphatic carbocycles. The van der Waals surface area contributed by atoms with Crippen LogP contribution in [-0.2, 0) is 19.1 Å². The number of carbonyl (C=O) groups is 3. The molecular weight excluding hydrogens is 464 g/mol. The van der Waals surface area contributed by atoms with E-state index in [9.17, 15) is 23.2 Å². The van der Waals surface area contributed by atoms with E-state index in [1.165, 1.54) is 0 Å². The summed E-state index contributed by atoms with van der Waals surface area (Å²) in [6.45, 7) is 2.07. The van der Waals surface area contributed by atoms with Crippen LogP contribution < -0.4 is 0 Å². The highest BCUT2D eigenvalue weighted by Gasteiger charge is 2.48. The number of methoxy groups -OCH3 is 1. The molecule has 3 rings (SSSR count). The lowest BCUT2D eigenvalue weighted by molar-refractivity contribution is -0.160. The van der Waals surface area contributed by atoms with Gasteiger partial charge >= 0.3 is 5.97 Å². The average molecular weight is 488 g/mol. The SMILES string of the molecule is COC(=O)C1CC(F)(F)CCC1C(=O)C(Br)c1ccc(C(=O)N2CCOCC2)cc1. The molecule has 0 N–H and O–H groups in total. The molecule has 1 aromatic rings. The first-order valence-electron chi connectivity index (χ1n) is 9.84. The number of alkyl halides is 3. The summed E-state index contributed by atoms with van der Waals surface area (Å²) in [5.74, 6) is -6.25. The molecule has 2 fully saturated rings. The third kappa shape index (κ3) is 5.06. The number of rotatable bonds is 5. The zero-order chi connectivity index (χ0) is 21.9. The predicted molar refractivity (Wildman–Crippen MR) is 108 cm³/mol. The number of ether oxygens (including phenoxy) is 2. The largest absolute Gasteiger partial charge is 0.469 e. The number of hydrogen-bond acceptors (Lipinski definition) is 5. The quantitative estimate of drug-likeness (QED) is 0.470. The number of amides is 1. The fraction of sp³-hybridized carbons (Fsp3) is 0.571. The first-order chi connectivity index (χ1) is 14.2. The van der Waals surface area contributed by atoms with Gasteiger partial charge in [0.05, 0.1) is 31.1 Å². The van der Waals surface area contributed by atoms with Gasteiger partial charge in [-0.25, -0.2) is 8.78 Å². The van der Waals surface area contributed by atoms with Gasteiger partial charge in [-0.15, -0.1) is 0 Å². The van der Waals surface area contributed by atoms with Crippen molar-refractivity contribution in [3.8, 4) is 0 Å². The summed E-state index contributed by atoms with van der Waals surface area (Å²) >= 11 is 3.35. The number of benzene rings is 1. The van der Waals surface area contributed by atoms with Crippen molar-refractivity contribution in [1.82, 2.24) is 4.90 Å². The summed E-state index contributed by atoms with van der Waals surface area (Å²) in [4.78, 5) is 38.5. The molecule has 1 heterocycles. The Kier molecular flexibility index (Phi) is 7.23. The minimum atomic E-state index is -2.99. The fourth-order valence-electron chi connectivity index (χ4n) is 3.97. The van der Waals surface area contributed by atoms with Crippen LogP contribution in [0.5, 0.6) is 0 Å². The summed E-state index contributed by atoms with van der Waals surface area (Å²) in [7, 11) is 1.13. The summed E-state index contributed by atoms with van der Waals surface area (Å²) in [6.07, 6.45) is -1.21. The van der Waals surface area contributed by atoms with Crippen LogP contribution in [0.25, 0.3) is 0 Å². The van der Waals surface area contributed by atoms with E-state index in [4.69, 9.17) is 4.74 Å². The van der Waals surface area contributed by atoms with Crippen molar-refractivity contribution in [1.29, 1.82) is 0 Å². The van der Waals surface area contributed by atoms with Crippen molar-refractivity contribution in [2.24, 2.45) is 11.8 Å². The Balaban J connectivity index is 1.71. The number of hydrogen-bond donors (Lipinski definition) is 0. The molecule has 3 atom stereocenters. The van der Waals surface area contributed by atoms with Crippen LogP contribution in [0.4, 0.5) is 8.78 Å². The molecule has 1 saturated heterocycles. The molecule has 0 aromatic heterocycles. The predicted octanol–water partition coefficient (Wildman–Crippen LogP) is 3.39. The van der Waals surface area contributed by atoms with Crippen molar-refractivity contribution < 1.29 is 32.6 Å². The van der Waals surface area contributed by atoms with E-state index in [0.717, 1.165) is 7.11 Å². The summed E-state index contributed by atoms with van der Waals surface area (Å²) < 4.78 is 37.5. The second-order valence-electron chi connectivity index (χ2n) is 7.63. The van der Waals surface area contributed by atoms with Crippen LogP contribution in [0.1, 0.15) is 40.0 Å². The van der Waals surface area contributed by atoms with Crippen LogP contribution in [0.2, 0.25) is 0 Å². The normalized spacial score (nSPS) is 24.7. The Morgan fingerprint density at radius 1 is 1.17 bits per heavy atom. The van der Waals surface area contributed by atoms with Crippen LogP contribution in [-0.4, -0.2) is 61.9 Å². The fourth-order valence-corrected chi connectivity index (χ4v) is 4.61. The topological polar surface area (TPSA) is 72.9 Å². The highest BCUT2D eigenvalue weighted by molar-refractivity contribution is 9.09. The van der Waals surface area contributed by atoms with E-state index in [0.29, 0.717) is 37.4 Å². The Morgan fingerprint density at radius 2 is 1.80 bits per heavy atom. The maximum absolute atomic E-state index is 13.8. The van der Waals surface area contributed by atoms with E-state index in [1.54, 1.807) is 29.2 Å². The molecule has 2 aliphatic rings. The van der Waals surface area contributed by atoms with Gasteiger partial charge in [-0.3, -0.25) is 14.4 Å². The first kappa shape index (κ1) is 22.8. The number of morpholine rings is 1. The maximum atomic E-state index is 13.8. The number of carbonyl (C=O) groups excluding carboxylic acids is 3. The van der Waals surface area contributed by atoms with Crippen LogP contribution >= 0.6 is 15.9 Å². The average Bonchev–Trinajstić information content (AvgIpc) is 2.77. The molecular formula is C21H24BrF2NO5. The van der Waals surface area contributed by atoms with Crippen LogP contribution in [0.15, 0.2) is 24.3 Å². The van der Waals surface area contributed by atoms with Gasteiger partial charge in [-0.05, 0) is 24.1 Å². The van der Waals surface area contributed by atoms with Gasteiger partial charge in [-0.2, -0.15) is 0 Å². The molecule has 0 bridgehead atoms. The number of esters is 1. The van der Waals surface area contributed by atoms with Crippen LogP contribution in [0, 0.1) is 11.8 Å². The third-order valence-corrected chi connectivity index (χ3v) is 6.67. The Hall–Kier alpha value is -1.87. The standard InChI is InChI=1S/C21H24BrF2NO5/c1-29-20(28)16-12-21(23,24)7-6-15(16)18(26)17(22)13-2-4-14(5-3-13)19(27)25-8-10-30-11-9-25/h2-5,15-17H,6-12H2,1H3. The van der Waals surface area contributed by atoms with Gasteiger partial charge in [0.15, 0.2) is 5.78 Å². The minimum Gasteiger partial charge on any atom is -0.469 e. The molecule has 30 heavy (non-hydrogen) atoms. The smallest absolute Gasteiger partial charge is 0.309 e. The summed E-state index contributed by atoms with van der Waals surface area (Å²) in [5, 5.41) is 0. The van der Waals surface area contributed by atoms with E-state index in [2.05, 4.69) is 20.7 Å². The lowest BCUT2D eigenvalue weighted by Crippen LogP contribution is -2.41. The molecule has 0 spiro atoms. The molecule has 1 aliphatic heterocycles. The summed E-state index contributed by atoms with van der Waals surface area (Å²) in [6, 6.07) is 6.61. The summed E-state index contributed by atoms with van der Waals surface area (Å²) in [5.41, 5.74) is 1.09. The van der Waals surface area contributed by atoms with Gasteiger partial charge in [0.1, 0.15) is 0 Å². The molecule has 164 valence electrons. The lowest BCUT2D eigenvalue weighted by atomic mass is 9.74. The van der Waals surface area contributed by atoms with Crippen LogP contribution in [0.3, 0.4) is 0 Å². The second kappa shape index (κ2) is 9.51. The second-order valence-corrected chi connectivity index (χ2v) is 8.54. The zero-order valence-electron chi connectivity index (χ0n) is 16.6. The third-order valence-electron chi connectivity index (χ3n) is 5.69. The van der Waals surface area contributed by atoms with Gasteiger partial charge in [0.25, 0.3) is 5.91 Å². The molecule has 3 unspecified atom stereocenters. The molecule has 0 radical (unpaired) electrons. The molecule has 1 amide bonds. The van der Waals surface area contributed by atoms with Crippen molar-refractivity contribution in [3.05, 3.63) is 35.4 Å². The highest BCUT2D eigenvalue weighted by Crippen LogP contribution is 2.43. The highest BCUT2D eigenvalue weighted by atomic mass is 79.9. The van der Waals surface area contributed by atoms with E-state index >= 15 is 0 Å². The van der Waals surface area contributed by atoms with Crippen molar-refractivity contribution in [2.45, 2.75) is 30.0 Å². The van der Waals surface area contributed by atoms with E-state index in [1.807, 2.05) is 0 Å². The van der Waals surface area contributed by atoms with Gasteiger partial charge in [0.2, 0.25) is 5.92 Å². The van der Waals surface area contributed by atoms with Gasteiger partial charge in [0, 0.05) is 37.4 Å². The monoisotopic (exact) mass is 487 g/mol. The number of halogens is 3. The lowest BCUT2D eigenvalue weighted by Gasteiger charge is -2.34. The Bertz CT molecular complexity index is 795. The first-order valence-corrected chi connectivity index (χ1v) is 10.8. The van der Waals surface area contributed by atoms with Gasteiger partial charge < -0.3 is 14.4 Å². The molecule has 1 saturated carbocycles.